The molecule has 320 valence electrons. The molecule has 0 saturated heterocycles. The standard InChI is InChI=1S/C49H95NO4/c1-3-5-7-9-11-13-15-17-19-21-22-23-24-25-26-27-28-30-31-33-35-37-39-41-43-47(52)46(45-51)50-49(54)48(53)44-42-40-38-36-34-32-29-20-18-16-14-12-10-8-6-4-2/h18,20,41,43,46-48,51-53H,3-17,19,21-40,42,44-45H2,1-2H3,(H,50,54)/b20-18-,43-41+. The second-order valence-corrected chi connectivity index (χ2v) is 16.7. The first-order chi connectivity index (χ1) is 26.6. The topological polar surface area (TPSA) is 89.8 Å². The first kappa shape index (κ1) is 52.8. The summed E-state index contributed by atoms with van der Waals surface area (Å²) in [5.74, 6) is -0.506. The van der Waals surface area contributed by atoms with E-state index in [1.54, 1.807) is 6.08 Å². The fraction of sp³-hybridized carbons (Fsp3) is 0.898. The summed E-state index contributed by atoms with van der Waals surface area (Å²) < 4.78 is 0. The number of aliphatic hydroxyl groups is 3. The lowest BCUT2D eigenvalue weighted by molar-refractivity contribution is -0.131. The van der Waals surface area contributed by atoms with Crippen LogP contribution >= 0.6 is 0 Å². The van der Waals surface area contributed by atoms with Crippen LogP contribution < -0.4 is 5.32 Å². The SMILES string of the molecule is CCCCCCCC/C=C\CCCCCCCCC(O)C(=O)NC(CO)C(O)/C=C/CCCCCCCCCCCCCCCCCCCCCCCC. The molecule has 0 saturated carbocycles. The van der Waals surface area contributed by atoms with Crippen LogP contribution in [0.1, 0.15) is 258 Å². The summed E-state index contributed by atoms with van der Waals surface area (Å²) in [5.41, 5.74) is 0. The number of carbonyl (C=O) groups is 1. The predicted molar refractivity (Wildman–Crippen MR) is 236 cm³/mol. The molecule has 0 aromatic rings. The average Bonchev–Trinajstić information content (AvgIpc) is 3.18. The van der Waals surface area contributed by atoms with Crippen molar-refractivity contribution in [3.8, 4) is 0 Å². The fourth-order valence-electron chi connectivity index (χ4n) is 7.47. The summed E-state index contributed by atoms with van der Waals surface area (Å²) in [4.78, 5) is 12.5. The highest BCUT2D eigenvalue weighted by atomic mass is 16.3. The van der Waals surface area contributed by atoms with E-state index < -0.39 is 24.2 Å². The minimum absolute atomic E-state index is 0.363. The van der Waals surface area contributed by atoms with Crippen molar-refractivity contribution < 1.29 is 20.1 Å². The maximum atomic E-state index is 12.5. The van der Waals surface area contributed by atoms with Crippen molar-refractivity contribution in [1.29, 1.82) is 0 Å². The van der Waals surface area contributed by atoms with Gasteiger partial charge < -0.3 is 20.6 Å². The average molecular weight is 762 g/mol. The molecule has 0 radical (unpaired) electrons. The molecule has 0 aliphatic rings. The van der Waals surface area contributed by atoms with Crippen molar-refractivity contribution in [3.05, 3.63) is 24.3 Å². The number of amides is 1. The van der Waals surface area contributed by atoms with Crippen LogP contribution in [0.2, 0.25) is 0 Å². The third kappa shape index (κ3) is 39.1. The molecule has 54 heavy (non-hydrogen) atoms. The zero-order chi connectivity index (χ0) is 39.4. The Hall–Kier alpha value is -1.17. The summed E-state index contributed by atoms with van der Waals surface area (Å²) >= 11 is 0. The molecule has 0 rings (SSSR count). The van der Waals surface area contributed by atoms with E-state index in [0.29, 0.717) is 6.42 Å². The van der Waals surface area contributed by atoms with Gasteiger partial charge in [0.15, 0.2) is 0 Å². The molecule has 0 bridgehead atoms. The largest absolute Gasteiger partial charge is 0.394 e. The van der Waals surface area contributed by atoms with Gasteiger partial charge in [-0.1, -0.05) is 237 Å². The van der Waals surface area contributed by atoms with Gasteiger partial charge in [-0.2, -0.15) is 0 Å². The van der Waals surface area contributed by atoms with Crippen molar-refractivity contribution >= 4 is 5.91 Å². The van der Waals surface area contributed by atoms with Crippen molar-refractivity contribution in [3.63, 3.8) is 0 Å². The summed E-state index contributed by atoms with van der Waals surface area (Å²) in [5, 5.41) is 33.2. The number of hydrogen-bond acceptors (Lipinski definition) is 4. The molecule has 0 aromatic heterocycles. The second kappa shape index (κ2) is 44.5. The van der Waals surface area contributed by atoms with Crippen LogP contribution in [0.3, 0.4) is 0 Å². The zero-order valence-corrected chi connectivity index (χ0v) is 36.4. The summed E-state index contributed by atoms with van der Waals surface area (Å²) in [6, 6.07) is -0.798. The number of allylic oxidation sites excluding steroid dienone is 3. The molecule has 3 unspecified atom stereocenters. The van der Waals surface area contributed by atoms with Crippen molar-refractivity contribution in [2.45, 2.75) is 276 Å². The van der Waals surface area contributed by atoms with Gasteiger partial charge in [-0.05, 0) is 44.9 Å². The van der Waals surface area contributed by atoms with Gasteiger partial charge in [0, 0.05) is 0 Å². The number of aliphatic hydroxyl groups excluding tert-OH is 3. The van der Waals surface area contributed by atoms with E-state index in [2.05, 4.69) is 31.3 Å². The monoisotopic (exact) mass is 762 g/mol. The van der Waals surface area contributed by atoms with Crippen molar-refractivity contribution in [2.24, 2.45) is 0 Å². The molecule has 0 fully saturated rings. The lowest BCUT2D eigenvalue weighted by atomic mass is 10.0. The fourth-order valence-corrected chi connectivity index (χ4v) is 7.47. The number of carbonyl (C=O) groups excluding carboxylic acids is 1. The molecule has 5 heteroatoms. The molecule has 0 spiro atoms. The number of rotatable bonds is 44. The Morgan fingerprint density at radius 1 is 0.444 bits per heavy atom. The highest BCUT2D eigenvalue weighted by molar-refractivity contribution is 5.80. The first-order valence-electron chi connectivity index (χ1n) is 24.2. The molecule has 4 N–H and O–H groups in total. The Bertz CT molecular complexity index is 799. The lowest BCUT2D eigenvalue weighted by Gasteiger charge is -2.21. The Morgan fingerprint density at radius 3 is 1.07 bits per heavy atom. The highest BCUT2D eigenvalue weighted by Crippen LogP contribution is 2.16. The minimum Gasteiger partial charge on any atom is -0.394 e. The molecular formula is C49H95NO4. The van der Waals surface area contributed by atoms with Crippen LogP contribution in [0.4, 0.5) is 0 Å². The molecule has 0 aliphatic carbocycles. The first-order valence-corrected chi connectivity index (χ1v) is 24.2. The molecule has 0 aromatic carbocycles. The zero-order valence-electron chi connectivity index (χ0n) is 36.4. The van der Waals surface area contributed by atoms with Gasteiger partial charge in [0.05, 0.1) is 18.8 Å². The van der Waals surface area contributed by atoms with Crippen LogP contribution in [-0.4, -0.2) is 46.1 Å². The van der Waals surface area contributed by atoms with E-state index in [1.807, 2.05) is 6.08 Å². The number of nitrogens with one attached hydrogen (secondary N) is 1. The lowest BCUT2D eigenvalue weighted by Crippen LogP contribution is -2.48. The van der Waals surface area contributed by atoms with E-state index in [-0.39, 0.29) is 6.61 Å². The van der Waals surface area contributed by atoms with Gasteiger partial charge in [0.25, 0.3) is 0 Å². The van der Waals surface area contributed by atoms with Crippen LogP contribution in [-0.2, 0) is 4.79 Å². The van der Waals surface area contributed by atoms with Crippen LogP contribution in [0.5, 0.6) is 0 Å². The summed E-state index contributed by atoms with van der Waals surface area (Å²) in [7, 11) is 0. The maximum absolute atomic E-state index is 12.5. The molecule has 5 nitrogen and oxygen atoms in total. The Morgan fingerprint density at radius 2 is 0.741 bits per heavy atom. The molecule has 1 amide bonds. The quantitative estimate of drug-likeness (QED) is 0.0368. The Kier molecular flexibility index (Phi) is 43.6. The van der Waals surface area contributed by atoms with Crippen LogP contribution in [0.15, 0.2) is 24.3 Å². The molecule has 0 heterocycles. The predicted octanol–water partition coefficient (Wildman–Crippen LogP) is 14.2. The smallest absolute Gasteiger partial charge is 0.249 e. The van der Waals surface area contributed by atoms with Gasteiger partial charge in [0.2, 0.25) is 5.91 Å². The van der Waals surface area contributed by atoms with E-state index in [1.165, 1.54) is 205 Å². The third-order valence-electron chi connectivity index (χ3n) is 11.3. The van der Waals surface area contributed by atoms with E-state index in [0.717, 1.165) is 32.1 Å². The van der Waals surface area contributed by atoms with Crippen LogP contribution in [0.25, 0.3) is 0 Å². The highest BCUT2D eigenvalue weighted by Gasteiger charge is 2.22. The maximum Gasteiger partial charge on any atom is 0.249 e. The van der Waals surface area contributed by atoms with Gasteiger partial charge in [-0.3, -0.25) is 4.79 Å². The van der Waals surface area contributed by atoms with Gasteiger partial charge in [-0.15, -0.1) is 0 Å². The number of unbranched alkanes of at least 4 members (excludes halogenated alkanes) is 34. The van der Waals surface area contributed by atoms with Gasteiger partial charge >= 0.3 is 0 Å². The third-order valence-corrected chi connectivity index (χ3v) is 11.3. The summed E-state index contributed by atoms with van der Waals surface area (Å²) in [6.45, 7) is 4.19. The van der Waals surface area contributed by atoms with Gasteiger partial charge in [-0.25, -0.2) is 0 Å². The van der Waals surface area contributed by atoms with Crippen molar-refractivity contribution in [2.75, 3.05) is 6.61 Å². The van der Waals surface area contributed by atoms with Crippen LogP contribution in [0, 0.1) is 0 Å². The van der Waals surface area contributed by atoms with E-state index in [4.69, 9.17) is 0 Å². The minimum atomic E-state index is -1.10. The molecule has 3 atom stereocenters. The number of hydrogen-bond donors (Lipinski definition) is 4. The second-order valence-electron chi connectivity index (χ2n) is 16.7. The van der Waals surface area contributed by atoms with E-state index >= 15 is 0 Å². The molecular weight excluding hydrogens is 667 g/mol. The molecule has 0 aliphatic heterocycles. The normalized spacial score (nSPS) is 13.6. The Balaban J connectivity index is 3.61. The van der Waals surface area contributed by atoms with Gasteiger partial charge in [0.1, 0.15) is 6.10 Å². The Labute approximate surface area is 337 Å². The summed E-state index contributed by atoms with van der Waals surface area (Å²) in [6.07, 6.45) is 55.1. The van der Waals surface area contributed by atoms with Crippen molar-refractivity contribution in [1.82, 2.24) is 5.32 Å². The van der Waals surface area contributed by atoms with E-state index in [9.17, 15) is 20.1 Å².